The van der Waals surface area contributed by atoms with Crippen LogP contribution in [0, 0.1) is 27.3 Å². The minimum Gasteiger partial charge on any atom is -0.405 e. The summed E-state index contributed by atoms with van der Waals surface area (Å²) in [6, 6.07) is 3.93. The molecule has 94 valence electrons. The average molecular weight is 269 g/mol. The summed E-state index contributed by atoms with van der Waals surface area (Å²) in [5.41, 5.74) is 12.2. The standard InChI is InChI=1S/C13H11N5S/c1-2-8(4-3-5-14)11-9(6-15)12(17)18-13(19)10(11)7-16/h2-5H,1,14H2,(H3,17,18,19)/b5-3-,8-4+. The van der Waals surface area contributed by atoms with Crippen LogP contribution in [0.2, 0.25) is 0 Å². The molecule has 0 aliphatic heterocycles. The number of nitrogens with zero attached hydrogens (tertiary/aromatic N) is 2. The highest BCUT2D eigenvalue weighted by molar-refractivity contribution is 7.71. The van der Waals surface area contributed by atoms with Crippen molar-refractivity contribution in [2.45, 2.75) is 0 Å². The largest absolute Gasteiger partial charge is 0.405 e. The first-order chi connectivity index (χ1) is 9.10. The van der Waals surface area contributed by atoms with E-state index < -0.39 is 0 Å². The molecule has 0 fully saturated rings. The quantitative estimate of drug-likeness (QED) is 0.574. The van der Waals surface area contributed by atoms with Crippen LogP contribution >= 0.6 is 12.2 Å². The lowest BCUT2D eigenvalue weighted by atomic mass is 9.96. The fourth-order valence-corrected chi connectivity index (χ4v) is 1.80. The molecule has 0 bridgehead atoms. The zero-order chi connectivity index (χ0) is 14.4. The number of nitriles is 2. The lowest BCUT2D eigenvalue weighted by molar-refractivity contribution is 1.25. The number of hydrogen-bond acceptors (Lipinski definition) is 5. The molecule has 0 unspecified atom stereocenters. The van der Waals surface area contributed by atoms with Crippen molar-refractivity contribution < 1.29 is 0 Å². The molecule has 0 saturated heterocycles. The highest BCUT2D eigenvalue weighted by atomic mass is 32.1. The molecule has 0 saturated carbocycles. The molecule has 0 aromatic carbocycles. The maximum absolute atomic E-state index is 9.19. The van der Waals surface area contributed by atoms with E-state index in [1.54, 1.807) is 12.2 Å². The van der Waals surface area contributed by atoms with E-state index in [0.717, 1.165) is 0 Å². The Kier molecular flexibility index (Phi) is 4.64. The van der Waals surface area contributed by atoms with Gasteiger partial charge >= 0.3 is 0 Å². The summed E-state index contributed by atoms with van der Waals surface area (Å²) >= 11 is 5.04. The van der Waals surface area contributed by atoms with Gasteiger partial charge in [0.2, 0.25) is 0 Å². The molecule has 0 aliphatic rings. The van der Waals surface area contributed by atoms with E-state index in [1.807, 2.05) is 12.1 Å². The highest BCUT2D eigenvalue weighted by Crippen LogP contribution is 2.27. The second-order valence-electron chi connectivity index (χ2n) is 3.43. The van der Waals surface area contributed by atoms with Gasteiger partial charge in [-0.15, -0.1) is 0 Å². The number of nitrogen functional groups attached to an aromatic ring is 1. The molecule has 0 aliphatic carbocycles. The minimum atomic E-state index is 0.117. The fourth-order valence-electron chi connectivity index (χ4n) is 1.54. The van der Waals surface area contributed by atoms with Crippen LogP contribution < -0.4 is 11.5 Å². The maximum atomic E-state index is 9.19. The number of nitrogens with two attached hydrogens (primary N) is 2. The van der Waals surface area contributed by atoms with E-state index >= 15 is 0 Å². The van der Waals surface area contributed by atoms with Gasteiger partial charge in [-0.25, -0.2) is 0 Å². The molecule has 0 radical (unpaired) electrons. The number of aromatic amines is 1. The molecule has 1 heterocycles. The van der Waals surface area contributed by atoms with Crippen LogP contribution in [0.4, 0.5) is 5.82 Å². The van der Waals surface area contributed by atoms with Gasteiger partial charge in [-0.2, -0.15) is 10.5 Å². The summed E-state index contributed by atoms with van der Waals surface area (Å²) < 4.78 is 0.179. The Bertz CT molecular complexity index is 710. The maximum Gasteiger partial charge on any atom is 0.123 e. The lowest BCUT2D eigenvalue weighted by Crippen LogP contribution is -2.03. The predicted molar refractivity (Wildman–Crippen MR) is 77.0 cm³/mol. The molecular weight excluding hydrogens is 258 g/mol. The number of allylic oxidation sites excluding steroid dienone is 4. The van der Waals surface area contributed by atoms with Crippen molar-refractivity contribution in [3.63, 3.8) is 0 Å². The Morgan fingerprint density at radius 1 is 1.32 bits per heavy atom. The third-order valence-electron chi connectivity index (χ3n) is 2.36. The predicted octanol–water partition coefficient (Wildman–Crippen LogP) is 2.11. The van der Waals surface area contributed by atoms with Crippen LogP contribution in [0.15, 0.2) is 31.0 Å². The third-order valence-corrected chi connectivity index (χ3v) is 2.67. The van der Waals surface area contributed by atoms with Crippen molar-refractivity contribution in [2.75, 3.05) is 5.73 Å². The first-order valence-corrected chi connectivity index (χ1v) is 5.58. The van der Waals surface area contributed by atoms with Gasteiger partial charge in [0.15, 0.2) is 0 Å². The number of hydrogen-bond donors (Lipinski definition) is 3. The number of H-pyrrole nitrogens is 1. The second kappa shape index (κ2) is 6.20. The van der Waals surface area contributed by atoms with Gasteiger partial charge < -0.3 is 16.5 Å². The molecule has 1 aromatic rings. The third kappa shape index (κ3) is 2.71. The van der Waals surface area contributed by atoms with Gasteiger partial charge in [-0.1, -0.05) is 30.9 Å². The van der Waals surface area contributed by atoms with Gasteiger partial charge in [0.1, 0.15) is 28.2 Å². The first-order valence-electron chi connectivity index (χ1n) is 5.18. The van der Waals surface area contributed by atoms with Crippen molar-refractivity contribution in [1.29, 1.82) is 10.5 Å². The zero-order valence-electron chi connectivity index (χ0n) is 9.97. The average Bonchev–Trinajstić information content (AvgIpc) is 2.39. The zero-order valence-corrected chi connectivity index (χ0v) is 10.8. The molecule has 5 nitrogen and oxygen atoms in total. The summed E-state index contributed by atoms with van der Waals surface area (Å²) in [7, 11) is 0. The van der Waals surface area contributed by atoms with E-state index in [2.05, 4.69) is 11.6 Å². The number of pyridine rings is 1. The number of anilines is 1. The SMILES string of the molecule is C=C/C(=C\C=C/N)c1c(C#N)c(N)[nH]c(=S)c1C#N. The van der Waals surface area contributed by atoms with Gasteiger partial charge in [-0.05, 0) is 17.8 Å². The topological polar surface area (TPSA) is 115 Å². The number of aromatic nitrogens is 1. The van der Waals surface area contributed by atoms with Crippen LogP contribution in [-0.4, -0.2) is 4.98 Å². The van der Waals surface area contributed by atoms with Crippen molar-refractivity contribution in [2.24, 2.45) is 5.73 Å². The monoisotopic (exact) mass is 269 g/mol. The number of rotatable bonds is 3. The normalized spacial score (nSPS) is 10.9. The summed E-state index contributed by atoms with van der Waals surface area (Å²) in [4.78, 5) is 2.63. The Morgan fingerprint density at radius 3 is 2.42 bits per heavy atom. The summed E-state index contributed by atoms with van der Waals surface area (Å²) in [5, 5.41) is 18.4. The molecule has 19 heavy (non-hydrogen) atoms. The minimum absolute atomic E-state index is 0.117. The molecular formula is C13H11N5S. The van der Waals surface area contributed by atoms with Crippen molar-refractivity contribution in [3.05, 3.63) is 52.3 Å². The molecule has 1 rings (SSSR count). The summed E-state index contributed by atoms with van der Waals surface area (Å²) in [5.74, 6) is 0.117. The first kappa shape index (κ1) is 14.2. The Hall–Kier alpha value is -2.83. The van der Waals surface area contributed by atoms with E-state index in [-0.39, 0.29) is 21.6 Å². The Morgan fingerprint density at radius 2 is 1.95 bits per heavy atom. The van der Waals surface area contributed by atoms with E-state index in [0.29, 0.717) is 11.1 Å². The Labute approximate surface area is 115 Å². The van der Waals surface area contributed by atoms with Crippen LogP contribution in [0.5, 0.6) is 0 Å². The molecule has 0 atom stereocenters. The summed E-state index contributed by atoms with van der Waals surface area (Å²) in [6.07, 6.45) is 6.02. The second-order valence-corrected chi connectivity index (χ2v) is 3.84. The smallest absolute Gasteiger partial charge is 0.123 e. The molecule has 0 amide bonds. The van der Waals surface area contributed by atoms with Gasteiger partial charge in [0, 0.05) is 5.56 Å². The van der Waals surface area contributed by atoms with Crippen molar-refractivity contribution in [3.8, 4) is 12.1 Å². The van der Waals surface area contributed by atoms with E-state index in [4.69, 9.17) is 23.7 Å². The molecule has 0 spiro atoms. The van der Waals surface area contributed by atoms with Crippen LogP contribution in [0.25, 0.3) is 5.57 Å². The molecule has 5 N–H and O–H groups in total. The van der Waals surface area contributed by atoms with Gasteiger partial charge in [0.25, 0.3) is 0 Å². The number of nitrogens with one attached hydrogen (secondary N) is 1. The van der Waals surface area contributed by atoms with Crippen LogP contribution in [0.3, 0.4) is 0 Å². The van der Waals surface area contributed by atoms with Crippen LogP contribution in [0.1, 0.15) is 16.7 Å². The van der Waals surface area contributed by atoms with Gasteiger partial charge in [0.05, 0.1) is 5.56 Å². The lowest BCUT2D eigenvalue weighted by Gasteiger charge is -2.09. The van der Waals surface area contributed by atoms with Gasteiger partial charge in [-0.3, -0.25) is 0 Å². The molecule has 1 aromatic heterocycles. The summed E-state index contributed by atoms with van der Waals surface area (Å²) in [6.45, 7) is 3.65. The fraction of sp³-hybridized carbons (Fsp3) is 0. The van der Waals surface area contributed by atoms with E-state index in [9.17, 15) is 10.5 Å². The van der Waals surface area contributed by atoms with Crippen molar-refractivity contribution in [1.82, 2.24) is 4.98 Å². The highest BCUT2D eigenvalue weighted by Gasteiger charge is 2.16. The Balaban J connectivity index is 3.85. The molecule has 6 heteroatoms. The van der Waals surface area contributed by atoms with Crippen LogP contribution in [-0.2, 0) is 0 Å². The van der Waals surface area contributed by atoms with E-state index in [1.165, 1.54) is 12.3 Å². The van der Waals surface area contributed by atoms with Crippen molar-refractivity contribution >= 4 is 23.6 Å².